The summed E-state index contributed by atoms with van der Waals surface area (Å²) in [6.45, 7) is 2.57. The molecule has 3 rings (SSSR count). The number of pyridine rings is 1. The average Bonchev–Trinajstić information content (AvgIpc) is 3.04. The molecule has 6 heteroatoms. The summed E-state index contributed by atoms with van der Waals surface area (Å²) < 4.78 is 11.0. The van der Waals surface area contributed by atoms with Gasteiger partial charge in [0.05, 0.1) is 22.8 Å². The van der Waals surface area contributed by atoms with Crippen LogP contribution in [0, 0.1) is 6.92 Å². The van der Waals surface area contributed by atoms with Crippen LogP contribution in [0.25, 0.3) is 0 Å². The molecule has 0 saturated heterocycles. The Morgan fingerprint density at radius 1 is 1.08 bits per heavy atom. The molecule has 25 heavy (non-hydrogen) atoms. The van der Waals surface area contributed by atoms with E-state index in [0.717, 1.165) is 27.7 Å². The number of esters is 1. The number of ether oxygens (including phenoxy) is 2. The summed E-state index contributed by atoms with van der Waals surface area (Å²) in [6, 6.07) is 13.2. The summed E-state index contributed by atoms with van der Waals surface area (Å²) in [5, 5.41) is 2.83. The van der Waals surface area contributed by atoms with Crippen LogP contribution in [0.15, 0.2) is 54.0 Å². The van der Waals surface area contributed by atoms with E-state index in [2.05, 4.69) is 9.97 Å². The first-order chi connectivity index (χ1) is 12.2. The van der Waals surface area contributed by atoms with Crippen LogP contribution in [0.2, 0.25) is 0 Å². The molecule has 0 N–H and O–H groups in total. The second-order valence-electron chi connectivity index (χ2n) is 5.45. The van der Waals surface area contributed by atoms with Gasteiger partial charge < -0.3 is 9.47 Å². The minimum Gasteiger partial charge on any atom is -0.487 e. The number of hydrogen-bond donors (Lipinski definition) is 0. The Morgan fingerprint density at radius 3 is 2.60 bits per heavy atom. The Hall–Kier alpha value is -2.73. The van der Waals surface area contributed by atoms with Gasteiger partial charge in [0.2, 0.25) is 0 Å². The molecule has 0 radical (unpaired) electrons. The fourth-order valence-corrected chi connectivity index (χ4v) is 2.79. The number of nitrogens with zero attached hydrogens (tertiary/aromatic N) is 2. The third-order valence-electron chi connectivity index (χ3n) is 3.43. The largest absolute Gasteiger partial charge is 0.487 e. The van der Waals surface area contributed by atoms with Crippen molar-refractivity contribution in [2.75, 3.05) is 0 Å². The van der Waals surface area contributed by atoms with Gasteiger partial charge in [-0.25, -0.2) is 4.98 Å². The summed E-state index contributed by atoms with van der Waals surface area (Å²) >= 11 is 1.53. The predicted octanol–water partition coefficient (Wildman–Crippen LogP) is 3.71. The van der Waals surface area contributed by atoms with Crippen LogP contribution in [0.4, 0.5) is 0 Å². The zero-order valence-electron chi connectivity index (χ0n) is 13.8. The van der Waals surface area contributed by atoms with Gasteiger partial charge in [-0.2, -0.15) is 0 Å². The number of rotatable bonds is 7. The van der Waals surface area contributed by atoms with E-state index >= 15 is 0 Å². The van der Waals surface area contributed by atoms with Crippen molar-refractivity contribution in [1.82, 2.24) is 9.97 Å². The van der Waals surface area contributed by atoms with Gasteiger partial charge in [0.1, 0.15) is 19.0 Å². The molecule has 0 bridgehead atoms. The molecule has 0 aliphatic heterocycles. The first-order valence-corrected chi connectivity index (χ1v) is 8.75. The van der Waals surface area contributed by atoms with Crippen LogP contribution in [-0.2, 0) is 29.2 Å². The van der Waals surface area contributed by atoms with Gasteiger partial charge >= 0.3 is 5.97 Å². The maximum Gasteiger partial charge on any atom is 0.312 e. The third-order valence-corrected chi connectivity index (χ3v) is 4.25. The van der Waals surface area contributed by atoms with E-state index in [0.29, 0.717) is 6.61 Å². The standard InChI is InChI=1S/C19H18N2O3S/c1-14-21-17(13-25-14)10-19(22)24-11-15-5-7-18(8-6-15)23-12-16-4-2-3-9-20-16/h2-9,13H,10-12H2,1H3. The molecule has 2 heterocycles. The maximum absolute atomic E-state index is 11.8. The molecule has 2 aromatic heterocycles. The Balaban J connectivity index is 1.45. The summed E-state index contributed by atoms with van der Waals surface area (Å²) in [6.07, 6.45) is 1.94. The van der Waals surface area contributed by atoms with Crippen molar-refractivity contribution in [1.29, 1.82) is 0 Å². The molecule has 0 fully saturated rings. The van der Waals surface area contributed by atoms with Crippen molar-refractivity contribution in [3.8, 4) is 5.75 Å². The molecule has 0 aliphatic rings. The minimum atomic E-state index is -0.277. The number of thiazole rings is 1. The lowest BCUT2D eigenvalue weighted by molar-refractivity contribution is -0.144. The Morgan fingerprint density at radius 2 is 1.92 bits per heavy atom. The summed E-state index contributed by atoms with van der Waals surface area (Å²) in [4.78, 5) is 20.3. The molecule has 128 valence electrons. The first kappa shape index (κ1) is 17.1. The van der Waals surface area contributed by atoms with E-state index in [1.807, 2.05) is 54.8 Å². The van der Waals surface area contributed by atoms with Gasteiger partial charge in [-0.1, -0.05) is 18.2 Å². The number of carbonyl (C=O) groups is 1. The van der Waals surface area contributed by atoms with Gasteiger partial charge in [-0.3, -0.25) is 9.78 Å². The smallest absolute Gasteiger partial charge is 0.312 e. The number of benzene rings is 1. The van der Waals surface area contributed by atoms with Crippen molar-refractivity contribution < 1.29 is 14.3 Å². The summed E-state index contributed by atoms with van der Waals surface area (Å²) in [7, 11) is 0. The molecule has 0 amide bonds. The molecular weight excluding hydrogens is 336 g/mol. The molecule has 5 nitrogen and oxygen atoms in total. The lowest BCUT2D eigenvalue weighted by Gasteiger charge is -2.07. The fraction of sp³-hybridized carbons (Fsp3) is 0.211. The van der Waals surface area contributed by atoms with Crippen molar-refractivity contribution in [3.63, 3.8) is 0 Å². The van der Waals surface area contributed by atoms with Crippen LogP contribution in [0.3, 0.4) is 0 Å². The molecule has 0 unspecified atom stereocenters. The monoisotopic (exact) mass is 354 g/mol. The van der Waals surface area contributed by atoms with Gasteiger partial charge in [0, 0.05) is 11.6 Å². The van der Waals surface area contributed by atoms with E-state index in [4.69, 9.17) is 9.47 Å². The van der Waals surface area contributed by atoms with Crippen LogP contribution < -0.4 is 4.74 Å². The third kappa shape index (κ3) is 5.39. The molecular formula is C19H18N2O3S. The normalized spacial score (nSPS) is 10.4. The molecule has 3 aromatic rings. The maximum atomic E-state index is 11.8. The minimum absolute atomic E-state index is 0.204. The highest BCUT2D eigenvalue weighted by Gasteiger charge is 2.08. The van der Waals surface area contributed by atoms with Gasteiger partial charge in [0.25, 0.3) is 0 Å². The van der Waals surface area contributed by atoms with Crippen molar-refractivity contribution in [2.24, 2.45) is 0 Å². The van der Waals surface area contributed by atoms with Crippen molar-refractivity contribution in [3.05, 3.63) is 76.0 Å². The van der Waals surface area contributed by atoms with E-state index in [-0.39, 0.29) is 19.0 Å². The first-order valence-electron chi connectivity index (χ1n) is 7.87. The topological polar surface area (TPSA) is 61.3 Å². The molecule has 1 aromatic carbocycles. The zero-order chi connectivity index (χ0) is 17.5. The van der Waals surface area contributed by atoms with E-state index in [9.17, 15) is 4.79 Å². The predicted molar refractivity (Wildman–Crippen MR) is 95.4 cm³/mol. The van der Waals surface area contributed by atoms with E-state index in [1.54, 1.807) is 6.20 Å². The summed E-state index contributed by atoms with van der Waals surface area (Å²) in [5.74, 6) is 0.472. The second kappa shape index (κ2) is 8.39. The van der Waals surface area contributed by atoms with Gasteiger partial charge in [0.15, 0.2) is 0 Å². The van der Waals surface area contributed by atoms with Gasteiger partial charge in [-0.05, 0) is 36.8 Å². The Bertz CT molecular complexity index is 816. The Labute approximate surface area is 150 Å². The van der Waals surface area contributed by atoms with E-state index < -0.39 is 0 Å². The quantitative estimate of drug-likeness (QED) is 0.605. The van der Waals surface area contributed by atoms with Gasteiger partial charge in [-0.15, -0.1) is 11.3 Å². The van der Waals surface area contributed by atoms with Crippen LogP contribution in [-0.4, -0.2) is 15.9 Å². The van der Waals surface area contributed by atoms with Crippen LogP contribution in [0.1, 0.15) is 22.0 Å². The molecule has 0 saturated carbocycles. The number of carbonyl (C=O) groups excluding carboxylic acids is 1. The SMILES string of the molecule is Cc1nc(CC(=O)OCc2ccc(OCc3ccccn3)cc2)cs1. The van der Waals surface area contributed by atoms with E-state index in [1.165, 1.54) is 11.3 Å². The van der Waals surface area contributed by atoms with Crippen LogP contribution >= 0.6 is 11.3 Å². The molecule has 0 atom stereocenters. The number of aryl methyl sites for hydroxylation is 1. The molecule has 0 aliphatic carbocycles. The highest BCUT2D eigenvalue weighted by atomic mass is 32.1. The van der Waals surface area contributed by atoms with Crippen molar-refractivity contribution >= 4 is 17.3 Å². The lowest BCUT2D eigenvalue weighted by Crippen LogP contribution is -2.08. The highest BCUT2D eigenvalue weighted by molar-refractivity contribution is 7.09. The highest BCUT2D eigenvalue weighted by Crippen LogP contribution is 2.15. The van der Waals surface area contributed by atoms with Crippen LogP contribution in [0.5, 0.6) is 5.75 Å². The summed E-state index contributed by atoms with van der Waals surface area (Å²) in [5.41, 5.74) is 2.54. The van der Waals surface area contributed by atoms with Crippen molar-refractivity contribution in [2.45, 2.75) is 26.6 Å². The zero-order valence-corrected chi connectivity index (χ0v) is 14.7. The number of hydrogen-bond acceptors (Lipinski definition) is 6. The fourth-order valence-electron chi connectivity index (χ4n) is 2.17. The second-order valence-corrected chi connectivity index (χ2v) is 6.51. The number of aromatic nitrogens is 2. The average molecular weight is 354 g/mol. The molecule has 0 spiro atoms. The Kier molecular flexibility index (Phi) is 5.74. The lowest BCUT2D eigenvalue weighted by atomic mass is 10.2.